The first-order valence-corrected chi connectivity index (χ1v) is 17.2. The molecule has 1 aliphatic rings. The predicted molar refractivity (Wildman–Crippen MR) is 188 cm³/mol. The molecular weight excluding hydrogens is 657 g/mol. The summed E-state index contributed by atoms with van der Waals surface area (Å²) in [4.78, 5) is 25.4. The molecule has 1 fully saturated rings. The third-order valence-electron chi connectivity index (χ3n) is 8.53. The molecule has 5 atom stereocenters. The van der Waals surface area contributed by atoms with Gasteiger partial charge in [-0.25, -0.2) is 4.79 Å². The molecule has 1 aromatic heterocycles. The number of Topliss-reactive ketones (excluding diaryl/α,β-unsaturated/α-hetero) is 1. The highest BCUT2D eigenvalue weighted by atomic mass is 32.2. The molecule has 0 bridgehead atoms. The molecule has 1 saturated heterocycles. The molecule has 0 aliphatic carbocycles. The standard InChI is InChI=1S/C37H38N6O6S/c1-23-33(22-50-37-40-41-42-43(37)30-15-17-31(46)18-16-30)48-35(49-34(23)27-13-11-26(21-44)12-14-27)28-9-6-10-29(20-28)38-36(47)39-32(24(2)45)19-25-7-4-3-5-8-25/h3-18,20,23,32-35,44,46H,19,21-22H2,1-2H3,(H2,38,39,47)/t23-,32+,33+,34+,35?/m0/s1. The summed E-state index contributed by atoms with van der Waals surface area (Å²) in [5.41, 5.74) is 4.60. The molecule has 4 N–H and O–H groups in total. The summed E-state index contributed by atoms with van der Waals surface area (Å²) >= 11 is 1.44. The van der Waals surface area contributed by atoms with E-state index in [4.69, 9.17) is 9.47 Å². The summed E-state index contributed by atoms with van der Waals surface area (Å²) in [6, 6.07) is 29.9. The average Bonchev–Trinajstić information content (AvgIpc) is 3.60. The smallest absolute Gasteiger partial charge is 0.319 e. The zero-order valence-electron chi connectivity index (χ0n) is 27.5. The van der Waals surface area contributed by atoms with Crippen LogP contribution in [0.5, 0.6) is 5.75 Å². The normalized spacial score (nSPS) is 19.4. The number of ether oxygens (including phenoxy) is 2. The van der Waals surface area contributed by atoms with Gasteiger partial charge in [0.1, 0.15) is 5.75 Å². The highest BCUT2D eigenvalue weighted by molar-refractivity contribution is 7.99. The van der Waals surface area contributed by atoms with E-state index < -0.39 is 18.4 Å². The van der Waals surface area contributed by atoms with Crippen molar-refractivity contribution in [3.8, 4) is 11.4 Å². The number of carbonyl (C=O) groups excluding carboxylic acids is 2. The van der Waals surface area contributed by atoms with Gasteiger partial charge in [0.2, 0.25) is 5.16 Å². The highest BCUT2D eigenvalue weighted by Gasteiger charge is 2.39. The number of thioether (sulfide) groups is 1. The molecule has 2 heterocycles. The van der Waals surface area contributed by atoms with E-state index in [0.29, 0.717) is 34.3 Å². The van der Waals surface area contributed by atoms with Gasteiger partial charge in [-0.05, 0) is 76.9 Å². The van der Waals surface area contributed by atoms with Gasteiger partial charge in [0, 0.05) is 22.9 Å². The van der Waals surface area contributed by atoms with Gasteiger partial charge in [-0.2, -0.15) is 4.68 Å². The summed E-state index contributed by atoms with van der Waals surface area (Å²) in [6.07, 6.45) is -1.05. The number of hydrogen-bond donors (Lipinski definition) is 4. The zero-order chi connectivity index (χ0) is 35.0. The number of rotatable bonds is 12. The van der Waals surface area contributed by atoms with Gasteiger partial charge in [0.05, 0.1) is 30.5 Å². The summed E-state index contributed by atoms with van der Waals surface area (Å²) in [7, 11) is 0. The number of phenols is 1. The first-order valence-electron chi connectivity index (χ1n) is 16.2. The molecule has 0 spiro atoms. The Labute approximate surface area is 293 Å². The molecular formula is C37H38N6O6S. The Hall–Kier alpha value is -5.08. The SMILES string of the molecule is CC(=O)[C@@H](Cc1ccccc1)NC(=O)Nc1cccc(C2O[C@H](CSc3nnnn3-c3ccc(O)cc3)[C@H](C)[C@H](c3ccc(CO)cc3)O2)c1. The van der Waals surface area contributed by atoms with Crippen molar-refractivity contribution in [3.63, 3.8) is 0 Å². The summed E-state index contributed by atoms with van der Waals surface area (Å²) in [6.45, 7) is 3.47. The number of carbonyl (C=O) groups is 2. The van der Waals surface area contributed by atoms with Crippen LogP contribution in [0.2, 0.25) is 0 Å². The van der Waals surface area contributed by atoms with E-state index >= 15 is 0 Å². The van der Waals surface area contributed by atoms with Gasteiger partial charge in [0.25, 0.3) is 0 Å². The quantitative estimate of drug-likeness (QED) is 0.118. The largest absolute Gasteiger partial charge is 0.508 e. The van der Waals surface area contributed by atoms with Gasteiger partial charge in [-0.1, -0.05) is 85.4 Å². The molecule has 258 valence electrons. The Bertz CT molecular complexity index is 1890. The van der Waals surface area contributed by atoms with Crippen LogP contribution in [-0.2, 0) is 27.3 Å². The van der Waals surface area contributed by atoms with E-state index in [1.165, 1.54) is 18.7 Å². The molecule has 12 nitrogen and oxygen atoms in total. The Morgan fingerprint density at radius 3 is 2.40 bits per heavy atom. The van der Waals surface area contributed by atoms with Crippen LogP contribution in [0.1, 0.15) is 48.5 Å². The monoisotopic (exact) mass is 694 g/mol. The molecule has 1 unspecified atom stereocenters. The molecule has 2 amide bonds. The lowest BCUT2D eigenvalue weighted by atomic mass is 9.91. The van der Waals surface area contributed by atoms with E-state index in [1.54, 1.807) is 41.1 Å². The Kier molecular flexibility index (Phi) is 11.2. The van der Waals surface area contributed by atoms with Gasteiger partial charge >= 0.3 is 6.03 Å². The fourth-order valence-electron chi connectivity index (χ4n) is 5.73. The fraction of sp³-hybridized carbons (Fsp3) is 0.270. The number of aromatic nitrogens is 4. The first-order chi connectivity index (χ1) is 24.3. The van der Waals surface area contributed by atoms with Crippen LogP contribution in [-0.4, -0.2) is 60.1 Å². The van der Waals surface area contributed by atoms with Crippen LogP contribution in [0.3, 0.4) is 0 Å². The third kappa shape index (κ3) is 8.55. The maximum absolute atomic E-state index is 13.0. The minimum absolute atomic E-state index is 0.0606. The molecule has 4 aromatic carbocycles. The second-order valence-corrected chi connectivity index (χ2v) is 13.1. The lowest BCUT2D eigenvalue weighted by Crippen LogP contribution is -2.43. The highest BCUT2D eigenvalue weighted by Crippen LogP contribution is 2.43. The van der Waals surface area contributed by atoms with E-state index in [2.05, 4.69) is 33.1 Å². The predicted octanol–water partition coefficient (Wildman–Crippen LogP) is 5.77. The van der Waals surface area contributed by atoms with Crippen LogP contribution >= 0.6 is 11.8 Å². The Morgan fingerprint density at radius 1 is 0.920 bits per heavy atom. The Balaban J connectivity index is 1.19. The molecule has 0 saturated carbocycles. The van der Waals surface area contributed by atoms with Crippen LogP contribution in [0.25, 0.3) is 5.69 Å². The topological polar surface area (TPSA) is 161 Å². The van der Waals surface area contributed by atoms with Crippen molar-refractivity contribution in [2.75, 3.05) is 11.1 Å². The summed E-state index contributed by atoms with van der Waals surface area (Å²) in [5, 5.41) is 37.7. The number of urea groups is 1. The number of tetrazole rings is 1. The van der Waals surface area contributed by atoms with E-state index in [0.717, 1.165) is 16.7 Å². The summed E-state index contributed by atoms with van der Waals surface area (Å²) in [5.74, 6) is 0.415. The average molecular weight is 695 g/mol. The number of benzene rings is 4. The zero-order valence-corrected chi connectivity index (χ0v) is 28.4. The number of anilines is 1. The van der Waals surface area contributed by atoms with Crippen molar-refractivity contribution < 1.29 is 29.3 Å². The van der Waals surface area contributed by atoms with Gasteiger partial charge < -0.3 is 30.3 Å². The third-order valence-corrected chi connectivity index (χ3v) is 9.54. The number of aliphatic hydroxyl groups is 1. The molecule has 50 heavy (non-hydrogen) atoms. The second kappa shape index (κ2) is 16.1. The van der Waals surface area contributed by atoms with Gasteiger partial charge in [-0.15, -0.1) is 5.10 Å². The molecule has 13 heteroatoms. The van der Waals surface area contributed by atoms with Crippen LogP contribution in [0.15, 0.2) is 108 Å². The Morgan fingerprint density at radius 2 is 1.68 bits per heavy atom. The maximum Gasteiger partial charge on any atom is 0.319 e. The number of amides is 2. The number of phenolic OH excluding ortho intramolecular Hbond substituents is 1. The number of aliphatic hydroxyl groups excluding tert-OH is 1. The molecule has 6 rings (SSSR count). The van der Waals surface area contributed by atoms with Crippen molar-refractivity contribution in [2.24, 2.45) is 5.92 Å². The minimum atomic E-state index is -0.778. The fourth-order valence-corrected chi connectivity index (χ4v) is 6.78. The number of nitrogens with one attached hydrogen (secondary N) is 2. The number of ketones is 1. The van der Waals surface area contributed by atoms with E-state index in [1.807, 2.05) is 66.7 Å². The molecule has 5 aromatic rings. The van der Waals surface area contributed by atoms with E-state index in [-0.39, 0.29) is 36.3 Å². The number of nitrogens with zero attached hydrogens (tertiary/aromatic N) is 4. The second-order valence-electron chi connectivity index (χ2n) is 12.1. The molecule has 0 radical (unpaired) electrons. The van der Waals surface area contributed by atoms with Crippen molar-refractivity contribution in [1.82, 2.24) is 25.5 Å². The minimum Gasteiger partial charge on any atom is -0.508 e. The van der Waals surface area contributed by atoms with Gasteiger partial charge in [-0.3, -0.25) is 4.79 Å². The van der Waals surface area contributed by atoms with Crippen molar-refractivity contribution in [3.05, 3.63) is 125 Å². The van der Waals surface area contributed by atoms with Gasteiger partial charge in [0.15, 0.2) is 12.1 Å². The summed E-state index contributed by atoms with van der Waals surface area (Å²) < 4.78 is 14.8. The number of aromatic hydroxyl groups is 1. The van der Waals surface area contributed by atoms with Crippen LogP contribution in [0, 0.1) is 5.92 Å². The number of hydrogen-bond acceptors (Lipinski definition) is 10. The maximum atomic E-state index is 13.0. The van der Waals surface area contributed by atoms with Crippen LogP contribution < -0.4 is 10.6 Å². The van der Waals surface area contributed by atoms with Crippen molar-refractivity contribution in [1.29, 1.82) is 0 Å². The first kappa shape index (κ1) is 34.8. The molecule has 1 aliphatic heterocycles. The van der Waals surface area contributed by atoms with E-state index in [9.17, 15) is 19.8 Å². The lowest BCUT2D eigenvalue weighted by Gasteiger charge is -2.41. The van der Waals surface area contributed by atoms with Crippen LogP contribution in [0.4, 0.5) is 10.5 Å². The van der Waals surface area contributed by atoms with Crippen molar-refractivity contribution in [2.45, 2.75) is 56.6 Å². The van der Waals surface area contributed by atoms with Crippen molar-refractivity contribution >= 4 is 29.3 Å². The lowest BCUT2D eigenvalue weighted by molar-refractivity contribution is -0.268.